The van der Waals surface area contributed by atoms with Crippen molar-refractivity contribution < 1.29 is 8.42 Å². The van der Waals surface area contributed by atoms with Gasteiger partial charge in [-0.25, -0.2) is 33.3 Å². The van der Waals surface area contributed by atoms with Crippen LogP contribution in [0.25, 0.3) is 22.6 Å². The third kappa shape index (κ3) is 4.24. The van der Waals surface area contributed by atoms with Crippen LogP contribution in [0.15, 0.2) is 40.4 Å². The van der Waals surface area contributed by atoms with Crippen LogP contribution in [0.4, 0.5) is 5.82 Å². The highest BCUT2D eigenvalue weighted by molar-refractivity contribution is 7.91. The van der Waals surface area contributed by atoms with Gasteiger partial charge in [0.25, 0.3) is 5.56 Å². The third-order valence-electron chi connectivity index (χ3n) is 7.48. The van der Waals surface area contributed by atoms with Gasteiger partial charge < -0.3 is 5.32 Å². The number of anilines is 1. The lowest BCUT2D eigenvalue weighted by molar-refractivity contribution is 0.526. The zero-order valence-corrected chi connectivity index (χ0v) is 22.4. The highest BCUT2D eigenvalue weighted by Gasteiger charge is 2.30. The topological polar surface area (TPSA) is 133 Å². The Morgan fingerprint density at radius 2 is 1.97 bits per heavy atom. The molecule has 0 spiro atoms. The molecule has 0 radical (unpaired) electrons. The van der Waals surface area contributed by atoms with E-state index >= 15 is 0 Å². The smallest absolute Gasteiger partial charge is 0.295 e. The van der Waals surface area contributed by atoms with E-state index in [9.17, 15) is 13.2 Å². The predicted octanol–water partition coefficient (Wildman–Crippen LogP) is 3.74. The minimum absolute atomic E-state index is 0.113. The molecular formula is C27H29N7O3S. The molecule has 11 heteroatoms. The van der Waals surface area contributed by atoms with E-state index in [0.717, 1.165) is 47.3 Å². The Morgan fingerprint density at radius 1 is 1.16 bits per heavy atom. The lowest BCUT2D eigenvalue weighted by Crippen LogP contribution is -2.28. The van der Waals surface area contributed by atoms with Gasteiger partial charge in [-0.2, -0.15) is 0 Å². The maximum Gasteiger partial charge on any atom is 0.295 e. The quantitative estimate of drug-likeness (QED) is 0.379. The van der Waals surface area contributed by atoms with Gasteiger partial charge in [-0.05, 0) is 56.7 Å². The molecule has 1 fully saturated rings. The van der Waals surface area contributed by atoms with E-state index in [1.54, 1.807) is 29.2 Å². The fourth-order valence-electron chi connectivity index (χ4n) is 5.04. The SMILES string of the molecule is CCC(C)n1c(=O)c(NCc2ccc3c(c2)CCS3(=O)=O)nc2cnc(-c3c(C)ncnc3C3CC3)nc21. The molecule has 4 heterocycles. The molecule has 1 aromatic carbocycles. The predicted molar refractivity (Wildman–Crippen MR) is 144 cm³/mol. The Kier molecular flexibility index (Phi) is 5.97. The average Bonchev–Trinajstić information content (AvgIpc) is 3.71. The van der Waals surface area contributed by atoms with Crippen LogP contribution in [0.3, 0.4) is 0 Å². The summed E-state index contributed by atoms with van der Waals surface area (Å²) in [5.41, 5.74) is 5.04. The van der Waals surface area contributed by atoms with Crippen LogP contribution in [0.1, 0.15) is 67.6 Å². The Morgan fingerprint density at radius 3 is 2.74 bits per heavy atom. The van der Waals surface area contributed by atoms with Crippen LogP contribution in [0.2, 0.25) is 0 Å². The van der Waals surface area contributed by atoms with Crippen molar-refractivity contribution in [3.63, 3.8) is 0 Å². The molecule has 1 aliphatic carbocycles. The van der Waals surface area contributed by atoms with Crippen molar-refractivity contribution in [3.8, 4) is 11.4 Å². The number of fused-ring (bicyclic) bond motifs is 2. The summed E-state index contributed by atoms with van der Waals surface area (Å²) in [6.45, 7) is 6.28. The number of rotatable bonds is 7. The van der Waals surface area contributed by atoms with E-state index < -0.39 is 9.84 Å². The molecule has 2 aliphatic rings. The van der Waals surface area contributed by atoms with Crippen molar-refractivity contribution >= 4 is 26.8 Å². The second-order valence-electron chi connectivity index (χ2n) is 10.2. The lowest BCUT2D eigenvalue weighted by Gasteiger charge is -2.18. The Labute approximate surface area is 220 Å². The van der Waals surface area contributed by atoms with Crippen LogP contribution >= 0.6 is 0 Å². The van der Waals surface area contributed by atoms with Crippen molar-refractivity contribution in [3.05, 3.63) is 63.6 Å². The molecule has 1 aliphatic heterocycles. The standard InChI is InChI=1S/C27H29N7O3S/c1-4-15(2)34-26-20(13-29-24(33-26)22-16(3)30-14-31-23(22)18-6-7-18)32-25(27(34)35)28-12-17-5-8-21-19(11-17)9-10-38(21,36)37/h5,8,11,13-15,18H,4,6-7,9-10,12H2,1-3H3,(H,28,32). The van der Waals surface area contributed by atoms with Gasteiger partial charge in [0.1, 0.15) is 11.8 Å². The van der Waals surface area contributed by atoms with Gasteiger partial charge in [-0.3, -0.25) is 9.36 Å². The number of sulfone groups is 1. The van der Waals surface area contributed by atoms with Gasteiger partial charge in [0.2, 0.25) is 0 Å². The number of aryl methyl sites for hydroxylation is 2. The number of benzene rings is 1. The summed E-state index contributed by atoms with van der Waals surface area (Å²) in [5, 5.41) is 3.17. The number of aromatic nitrogens is 6. The van der Waals surface area contributed by atoms with Crippen molar-refractivity contribution in [2.45, 2.75) is 69.9 Å². The molecular weight excluding hydrogens is 502 g/mol. The van der Waals surface area contributed by atoms with Gasteiger partial charge in [0.05, 0.1) is 33.8 Å². The van der Waals surface area contributed by atoms with Gasteiger partial charge in [0, 0.05) is 18.5 Å². The maximum absolute atomic E-state index is 13.7. The zero-order chi connectivity index (χ0) is 26.6. The third-order valence-corrected chi connectivity index (χ3v) is 9.29. The Balaban J connectivity index is 1.39. The van der Waals surface area contributed by atoms with Gasteiger partial charge >= 0.3 is 0 Å². The molecule has 0 amide bonds. The average molecular weight is 532 g/mol. The van der Waals surface area contributed by atoms with Crippen LogP contribution in [-0.2, 0) is 22.8 Å². The number of hydrogen-bond acceptors (Lipinski definition) is 9. The largest absolute Gasteiger partial charge is 0.361 e. The first-order valence-electron chi connectivity index (χ1n) is 13.0. The summed E-state index contributed by atoms with van der Waals surface area (Å²) in [7, 11) is -3.18. The van der Waals surface area contributed by atoms with Crippen molar-refractivity contribution in [2.24, 2.45) is 0 Å². The van der Waals surface area contributed by atoms with Crippen LogP contribution < -0.4 is 10.9 Å². The van der Waals surface area contributed by atoms with Crippen molar-refractivity contribution in [2.75, 3.05) is 11.1 Å². The number of nitrogens with one attached hydrogen (secondary N) is 1. The van der Waals surface area contributed by atoms with Crippen LogP contribution in [0, 0.1) is 6.92 Å². The number of hydrogen-bond donors (Lipinski definition) is 1. The first-order chi connectivity index (χ1) is 18.3. The van der Waals surface area contributed by atoms with E-state index in [0.29, 0.717) is 40.8 Å². The van der Waals surface area contributed by atoms with E-state index in [1.807, 2.05) is 26.8 Å². The van der Waals surface area contributed by atoms with E-state index in [1.165, 1.54) is 0 Å². The highest BCUT2D eigenvalue weighted by Crippen LogP contribution is 2.43. The van der Waals surface area contributed by atoms with Crippen molar-refractivity contribution in [1.82, 2.24) is 29.5 Å². The summed E-state index contributed by atoms with van der Waals surface area (Å²) in [4.78, 5) is 37.0. The fraction of sp³-hybridized carbons (Fsp3) is 0.407. The maximum atomic E-state index is 13.7. The fourth-order valence-corrected chi connectivity index (χ4v) is 6.59. The second-order valence-corrected chi connectivity index (χ2v) is 12.2. The van der Waals surface area contributed by atoms with Gasteiger partial charge in [-0.15, -0.1) is 0 Å². The summed E-state index contributed by atoms with van der Waals surface area (Å²) in [6, 6.07) is 5.20. The molecule has 1 saturated carbocycles. The molecule has 4 aromatic rings. The Bertz CT molecular complexity index is 1750. The molecule has 3 aromatic heterocycles. The zero-order valence-electron chi connectivity index (χ0n) is 21.6. The first-order valence-corrected chi connectivity index (χ1v) is 14.6. The number of nitrogens with zero attached hydrogens (tertiary/aromatic N) is 6. The summed E-state index contributed by atoms with van der Waals surface area (Å²) >= 11 is 0. The van der Waals surface area contributed by atoms with Gasteiger partial charge in [0.15, 0.2) is 27.1 Å². The summed E-state index contributed by atoms with van der Waals surface area (Å²) in [6.07, 6.45) is 6.66. The summed E-state index contributed by atoms with van der Waals surface area (Å²) in [5.74, 6) is 1.25. The molecule has 1 unspecified atom stereocenters. The second kappa shape index (κ2) is 9.23. The minimum atomic E-state index is -3.18. The van der Waals surface area contributed by atoms with Gasteiger partial charge in [-0.1, -0.05) is 19.1 Å². The lowest BCUT2D eigenvalue weighted by atomic mass is 10.1. The monoisotopic (exact) mass is 531 g/mol. The molecule has 10 nitrogen and oxygen atoms in total. The van der Waals surface area contributed by atoms with E-state index in [2.05, 4.69) is 25.3 Å². The van der Waals surface area contributed by atoms with Crippen LogP contribution in [-0.4, -0.2) is 43.7 Å². The molecule has 6 rings (SSSR count). The molecule has 196 valence electrons. The minimum Gasteiger partial charge on any atom is -0.361 e. The van der Waals surface area contributed by atoms with E-state index in [4.69, 9.17) is 4.98 Å². The molecule has 0 saturated heterocycles. The Hall–Kier alpha value is -3.73. The molecule has 1 atom stereocenters. The molecule has 38 heavy (non-hydrogen) atoms. The highest BCUT2D eigenvalue weighted by atomic mass is 32.2. The normalized spacial score (nSPS) is 16.9. The molecule has 1 N–H and O–H groups in total. The van der Waals surface area contributed by atoms with Crippen molar-refractivity contribution in [1.29, 1.82) is 0 Å². The summed E-state index contributed by atoms with van der Waals surface area (Å²) < 4.78 is 26.0. The van der Waals surface area contributed by atoms with E-state index in [-0.39, 0.29) is 23.2 Å². The molecule has 0 bridgehead atoms. The first kappa shape index (κ1) is 24.6. The van der Waals surface area contributed by atoms with Crippen LogP contribution in [0.5, 0.6) is 0 Å².